The Kier molecular flexibility index (Phi) is 6.38. The second kappa shape index (κ2) is 6.85. The Bertz CT molecular complexity index is 158. The summed E-state index contributed by atoms with van der Waals surface area (Å²) in [6, 6.07) is 0. The van der Waals surface area contributed by atoms with Gasteiger partial charge in [-0.05, 0) is 12.8 Å². The zero-order chi connectivity index (χ0) is 9.40. The van der Waals surface area contributed by atoms with Crippen molar-refractivity contribution in [2.75, 3.05) is 13.1 Å². The van der Waals surface area contributed by atoms with Crippen molar-refractivity contribution in [2.24, 2.45) is 5.73 Å². The molecular weight excluding hydrogens is 152 g/mol. The summed E-state index contributed by atoms with van der Waals surface area (Å²) in [7, 11) is 0. The molecule has 12 heavy (non-hydrogen) atoms. The zero-order valence-corrected chi connectivity index (χ0v) is 7.89. The van der Waals surface area contributed by atoms with Crippen molar-refractivity contribution in [3.05, 3.63) is 11.6 Å². The molecule has 0 aliphatic carbocycles. The predicted octanol–water partition coefficient (Wildman–Crippen LogP) is 0.808. The molecular formula is C9H18N2O. The van der Waals surface area contributed by atoms with Crippen LogP contribution in [-0.4, -0.2) is 19.0 Å². The van der Waals surface area contributed by atoms with Gasteiger partial charge in [0.25, 0.3) is 0 Å². The molecule has 0 rings (SSSR count). The molecule has 0 spiro atoms. The molecule has 0 aromatic rings. The summed E-state index contributed by atoms with van der Waals surface area (Å²) in [4.78, 5) is 11.1. The van der Waals surface area contributed by atoms with Gasteiger partial charge in [0.1, 0.15) is 0 Å². The highest BCUT2D eigenvalue weighted by molar-refractivity contribution is 5.88. The third-order valence-electron chi connectivity index (χ3n) is 1.69. The van der Waals surface area contributed by atoms with Gasteiger partial charge in [0.05, 0.1) is 0 Å². The van der Waals surface area contributed by atoms with Gasteiger partial charge in [-0.3, -0.25) is 4.79 Å². The molecule has 0 fully saturated rings. The maximum Gasteiger partial charge on any atom is 0.243 e. The topological polar surface area (TPSA) is 55.1 Å². The van der Waals surface area contributed by atoms with Crippen molar-refractivity contribution in [3.8, 4) is 0 Å². The first-order valence-corrected chi connectivity index (χ1v) is 4.41. The van der Waals surface area contributed by atoms with Crippen molar-refractivity contribution >= 4 is 5.91 Å². The number of carbonyl (C=O) groups excluding carboxylic acids is 1. The molecule has 0 atom stereocenters. The van der Waals surface area contributed by atoms with Crippen molar-refractivity contribution in [2.45, 2.75) is 26.7 Å². The molecule has 1 amide bonds. The molecule has 0 unspecified atom stereocenters. The molecule has 3 N–H and O–H groups in total. The van der Waals surface area contributed by atoms with Gasteiger partial charge < -0.3 is 11.1 Å². The molecule has 70 valence electrons. The van der Waals surface area contributed by atoms with Gasteiger partial charge in [-0.25, -0.2) is 0 Å². The number of hydrogen-bond acceptors (Lipinski definition) is 2. The molecule has 0 aromatic heterocycles. The highest BCUT2D eigenvalue weighted by Crippen LogP contribution is 2.03. The van der Waals surface area contributed by atoms with Crippen LogP contribution in [0.2, 0.25) is 0 Å². The van der Waals surface area contributed by atoms with E-state index in [0.717, 1.165) is 12.8 Å². The molecule has 0 heterocycles. The molecule has 0 saturated heterocycles. The van der Waals surface area contributed by atoms with Gasteiger partial charge >= 0.3 is 0 Å². The third kappa shape index (κ3) is 4.91. The number of hydrogen-bond donors (Lipinski definition) is 2. The van der Waals surface area contributed by atoms with E-state index in [0.29, 0.717) is 13.1 Å². The van der Waals surface area contributed by atoms with Crippen LogP contribution in [0.5, 0.6) is 0 Å². The lowest BCUT2D eigenvalue weighted by atomic mass is 10.1. The predicted molar refractivity (Wildman–Crippen MR) is 50.7 cm³/mol. The van der Waals surface area contributed by atoms with Gasteiger partial charge in [0.2, 0.25) is 5.91 Å². The molecule has 0 saturated carbocycles. The monoisotopic (exact) mass is 170 g/mol. The van der Waals surface area contributed by atoms with E-state index < -0.39 is 0 Å². The van der Waals surface area contributed by atoms with Crippen LogP contribution in [0.3, 0.4) is 0 Å². The number of nitrogens with one attached hydrogen (secondary N) is 1. The van der Waals surface area contributed by atoms with Crippen LogP contribution in [0, 0.1) is 0 Å². The summed E-state index contributed by atoms with van der Waals surface area (Å²) in [5, 5.41) is 2.69. The number of rotatable bonds is 5. The lowest BCUT2D eigenvalue weighted by Gasteiger charge is -2.01. The highest BCUT2D eigenvalue weighted by Gasteiger charge is 1.96. The fraction of sp³-hybridized carbons (Fsp3) is 0.667. The number of allylic oxidation sites excluding steroid dienone is 1. The van der Waals surface area contributed by atoms with E-state index in [9.17, 15) is 4.79 Å². The summed E-state index contributed by atoms with van der Waals surface area (Å²) in [5.74, 6) is -0.0286. The Morgan fingerprint density at radius 3 is 2.42 bits per heavy atom. The smallest absolute Gasteiger partial charge is 0.243 e. The summed E-state index contributed by atoms with van der Waals surface area (Å²) in [5.41, 5.74) is 6.41. The second-order valence-electron chi connectivity index (χ2n) is 2.59. The van der Waals surface area contributed by atoms with Crippen molar-refractivity contribution in [1.29, 1.82) is 0 Å². The van der Waals surface area contributed by atoms with E-state index in [1.165, 1.54) is 5.57 Å². The van der Waals surface area contributed by atoms with Crippen molar-refractivity contribution in [3.63, 3.8) is 0 Å². The maximum absolute atomic E-state index is 11.1. The van der Waals surface area contributed by atoms with Crippen LogP contribution >= 0.6 is 0 Å². The van der Waals surface area contributed by atoms with E-state index >= 15 is 0 Å². The van der Waals surface area contributed by atoms with Crippen LogP contribution in [0.1, 0.15) is 26.7 Å². The number of nitrogens with two attached hydrogens (primary N) is 1. The molecule has 0 aliphatic heterocycles. The molecule has 3 nitrogen and oxygen atoms in total. The van der Waals surface area contributed by atoms with E-state index in [1.54, 1.807) is 6.08 Å². The van der Waals surface area contributed by atoms with E-state index in [1.807, 2.05) is 13.8 Å². The summed E-state index contributed by atoms with van der Waals surface area (Å²) >= 11 is 0. The Labute approximate surface area is 74.0 Å². The van der Waals surface area contributed by atoms with Gasteiger partial charge in [-0.1, -0.05) is 19.4 Å². The first-order valence-electron chi connectivity index (χ1n) is 4.41. The Balaban J connectivity index is 3.85. The second-order valence-corrected chi connectivity index (χ2v) is 2.59. The quantitative estimate of drug-likeness (QED) is 0.600. The molecule has 0 bridgehead atoms. The first kappa shape index (κ1) is 11.2. The zero-order valence-electron chi connectivity index (χ0n) is 7.89. The maximum atomic E-state index is 11.1. The van der Waals surface area contributed by atoms with Gasteiger partial charge in [0, 0.05) is 19.2 Å². The highest BCUT2D eigenvalue weighted by atomic mass is 16.1. The van der Waals surface area contributed by atoms with E-state index in [2.05, 4.69) is 5.32 Å². The fourth-order valence-electron chi connectivity index (χ4n) is 0.886. The van der Waals surface area contributed by atoms with E-state index in [-0.39, 0.29) is 5.91 Å². The standard InChI is InChI=1S/C9H18N2O/c1-3-8(4-2)7-9(12)11-6-5-10/h7H,3-6,10H2,1-2H3,(H,11,12). The largest absolute Gasteiger partial charge is 0.351 e. The van der Waals surface area contributed by atoms with Crippen molar-refractivity contribution < 1.29 is 4.79 Å². The lowest BCUT2D eigenvalue weighted by molar-refractivity contribution is -0.116. The lowest BCUT2D eigenvalue weighted by Crippen LogP contribution is -2.27. The average molecular weight is 170 g/mol. The van der Waals surface area contributed by atoms with Crippen LogP contribution in [0.4, 0.5) is 0 Å². The van der Waals surface area contributed by atoms with E-state index in [4.69, 9.17) is 5.73 Å². The summed E-state index contributed by atoms with van der Waals surface area (Å²) < 4.78 is 0. The Hall–Kier alpha value is -0.830. The minimum absolute atomic E-state index is 0.0286. The van der Waals surface area contributed by atoms with Crippen molar-refractivity contribution in [1.82, 2.24) is 5.32 Å². The van der Waals surface area contributed by atoms with Gasteiger partial charge in [0.15, 0.2) is 0 Å². The normalized spacial score (nSPS) is 9.25. The minimum atomic E-state index is -0.0286. The Morgan fingerprint density at radius 2 is 2.00 bits per heavy atom. The molecule has 0 aromatic carbocycles. The summed E-state index contributed by atoms with van der Waals surface area (Å²) in [6.45, 7) is 5.14. The van der Waals surface area contributed by atoms with Crippen LogP contribution in [-0.2, 0) is 4.79 Å². The van der Waals surface area contributed by atoms with Gasteiger partial charge in [-0.2, -0.15) is 0 Å². The molecule has 0 aliphatic rings. The van der Waals surface area contributed by atoms with Crippen LogP contribution in [0.15, 0.2) is 11.6 Å². The molecule has 3 heteroatoms. The average Bonchev–Trinajstić information content (AvgIpc) is 2.10. The number of carbonyl (C=O) groups is 1. The summed E-state index contributed by atoms with van der Waals surface area (Å²) in [6.07, 6.45) is 3.54. The van der Waals surface area contributed by atoms with Gasteiger partial charge in [-0.15, -0.1) is 0 Å². The Morgan fingerprint density at radius 1 is 1.42 bits per heavy atom. The number of amides is 1. The minimum Gasteiger partial charge on any atom is -0.351 e. The molecule has 0 radical (unpaired) electrons. The fourth-order valence-corrected chi connectivity index (χ4v) is 0.886. The SMILES string of the molecule is CCC(=CC(=O)NCCN)CC. The first-order chi connectivity index (χ1) is 5.74. The van der Waals surface area contributed by atoms with Crippen LogP contribution in [0.25, 0.3) is 0 Å². The van der Waals surface area contributed by atoms with Crippen LogP contribution < -0.4 is 11.1 Å². The third-order valence-corrected chi connectivity index (χ3v) is 1.69.